The molecule has 0 unspecified atom stereocenters. The van der Waals surface area contributed by atoms with Gasteiger partial charge in [-0.1, -0.05) is 12.1 Å². The van der Waals surface area contributed by atoms with Crippen LogP contribution >= 0.6 is 0 Å². The van der Waals surface area contributed by atoms with E-state index >= 15 is 0 Å². The van der Waals surface area contributed by atoms with E-state index in [4.69, 9.17) is 9.47 Å². The number of aryl methyl sites for hydroxylation is 3. The Bertz CT molecular complexity index is 1010. The van der Waals surface area contributed by atoms with Gasteiger partial charge in [-0.2, -0.15) is 0 Å². The van der Waals surface area contributed by atoms with Crippen molar-refractivity contribution in [1.29, 1.82) is 0 Å². The monoisotopic (exact) mass is 480 g/mol. The molecule has 0 bridgehead atoms. The Balaban J connectivity index is 2.06. The van der Waals surface area contributed by atoms with Crippen LogP contribution in [0, 0.1) is 13.8 Å². The van der Waals surface area contributed by atoms with Gasteiger partial charge >= 0.3 is 12.3 Å². The second-order valence-corrected chi connectivity index (χ2v) is 9.67. The van der Waals surface area contributed by atoms with Crippen LogP contribution in [-0.2, 0) is 16.0 Å². The van der Waals surface area contributed by atoms with E-state index in [1.807, 2.05) is 26.0 Å². The Morgan fingerprint density at radius 1 is 0.853 bits per heavy atom. The number of halogens is 3. The smallest absolute Gasteiger partial charge is 0.476 e. The van der Waals surface area contributed by atoms with Crippen molar-refractivity contribution in [3.8, 4) is 11.5 Å². The van der Waals surface area contributed by atoms with E-state index in [2.05, 4.69) is 4.74 Å². The molecule has 0 heterocycles. The number of esters is 1. The molecule has 0 N–H and O–H groups in total. The largest absolute Gasteiger partial charge is 0.573 e. The number of carbonyl (C=O) groups is 2. The van der Waals surface area contributed by atoms with E-state index in [1.165, 1.54) is 12.1 Å². The lowest BCUT2D eigenvalue weighted by Crippen LogP contribution is -2.43. The molecule has 0 aromatic heterocycles. The van der Waals surface area contributed by atoms with Crippen molar-refractivity contribution in [2.75, 3.05) is 0 Å². The number of ether oxygens (including phenoxy) is 3. The van der Waals surface area contributed by atoms with Crippen molar-refractivity contribution in [3.05, 3.63) is 58.7 Å². The van der Waals surface area contributed by atoms with Crippen molar-refractivity contribution in [1.82, 2.24) is 0 Å². The molecule has 2 aromatic rings. The predicted octanol–water partition coefficient (Wildman–Crippen LogP) is 6.52. The second-order valence-electron chi connectivity index (χ2n) is 9.67. The highest BCUT2D eigenvalue weighted by molar-refractivity contribution is 5.96. The van der Waals surface area contributed by atoms with Crippen LogP contribution in [0.5, 0.6) is 11.5 Å². The van der Waals surface area contributed by atoms with Crippen molar-refractivity contribution >= 4 is 11.8 Å². The molecule has 2 rings (SSSR count). The minimum Gasteiger partial charge on any atom is -0.476 e. The molecule has 0 saturated carbocycles. The lowest BCUT2D eigenvalue weighted by molar-refractivity contribution is -0.274. The molecule has 0 spiro atoms. The molecular formula is C26H31F3O5. The second kappa shape index (κ2) is 10.1. The maximum Gasteiger partial charge on any atom is 0.573 e. The molecule has 0 radical (unpaired) electrons. The number of hydrogen-bond donors (Lipinski definition) is 0. The summed E-state index contributed by atoms with van der Waals surface area (Å²) in [5, 5.41) is 0. The normalized spacial score (nSPS) is 12.3. The molecule has 0 atom stereocenters. The Morgan fingerprint density at radius 2 is 1.38 bits per heavy atom. The molecule has 34 heavy (non-hydrogen) atoms. The number of carbonyl (C=O) groups excluding carboxylic acids is 2. The van der Waals surface area contributed by atoms with Crippen LogP contribution in [0.2, 0.25) is 0 Å². The summed E-state index contributed by atoms with van der Waals surface area (Å²) in [6, 6.07) is 8.65. The fraction of sp³-hybridized carbons (Fsp3) is 0.462. The van der Waals surface area contributed by atoms with E-state index in [0.29, 0.717) is 17.7 Å². The number of ketones is 1. The zero-order chi connectivity index (χ0) is 25.9. The SMILES string of the molecule is Cc1cc(CCC(=O)c2ccc(OC(F)(F)F)cc2)cc(C)c1OC(C)(C)C(=O)OC(C)(C)C. The van der Waals surface area contributed by atoms with Crippen LogP contribution < -0.4 is 9.47 Å². The van der Waals surface area contributed by atoms with Gasteiger partial charge in [-0.3, -0.25) is 4.79 Å². The number of rotatable bonds is 8. The third-order valence-electron chi connectivity index (χ3n) is 4.82. The van der Waals surface area contributed by atoms with Gasteiger partial charge in [0.05, 0.1) is 0 Å². The molecule has 0 saturated heterocycles. The molecule has 0 aliphatic rings. The molecule has 186 valence electrons. The molecule has 5 nitrogen and oxygen atoms in total. The zero-order valence-electron chi connectivity index (χ0n) is 20.6. The first-order valence-electron chi connectivity index (χ1n) is 10.9. The Hall–Kier alpha value is -3.03. The Morgan fingerprint density at radius 3 is 1.85 bits per heavy atom. The van der Waals surface area contributed by atoms with Gasteiger partial charge in [0.25, 0.3) is 0 Å². The summed E-state index contributed by atoms with van der Waals surface area (Å²) >= 11 is 0. The Kier molecular flexibility index (Phi) is 8.06. The standard InChI is InChI=1S/C26H31F3O5/c1-16-14-18(8-13-21(30)19-9-11-20(12-10-19)32-26(27,28)29)15-17(2)22(16)33-25(6,7)23(31)34-24(3,4)5/h9-12,14-15H,8,13H2,1-7H3. The van der Waals surface area contributed by atoms with Crippen LogP contribution in [0.3, 0.4) is 0 Å². The zero-order valence-corrected chi connectivity index (χ0v) is 20.6. The third-order valence-corrected chi connectivity index (χ3v) is 4.82. The molecule has 0 fully saturated rings. The van der Waals surface area contributed by atoms with Gasteiger partial charge < -0.3 is 14.2 Å². The van der Waals surface area contributed by atoms with Crippen molar-refractivity contribution in [2.45, 2.75) is 78.9 Å². The maximum absolute atomic E-state index is 12.5. The van der Waals surface area contributed by atoms with Crippen molar-refractivity contribution in [3.63, 3.8) is 0 Å². The quantitative estimate of drug-likeness (QED) is 0.318. The van der Waals surface area contributed by atoms with Gasteiger partial charge in [0.15, 0.2) is 11.4 Å². The molecular weight excluding hydrogens is 449 g/mol. The summed E-state index contributed by atoms with van der Waals surface area (Å²) in [7, 11) is 0. The summed E-state index contributed by atoms with van der Waals surface area (Å²) in [6.45, 7) is 12.4. The molecule has 0 amide bonds. The lowest BCUT2D eigenvalue weighted by Gasteiger charge is -2.30. The molecule has 8 heteroatoms. The van der Waals surface area contributed by atoms with E-state index in [-0.39, 0.29) is 18.0 Å². The van der Waals surface area contributed by atoms with Crippen LogP contribution in [0.25, 0.3) is 0 Å². The van der Waals surface area contributed by atoms with Crippen LogP contribution in [0.1, 0.15) is 68.1 Å². The summed E-state index contributed by atoms with van der Waals surface area (Å²) in [6.07, 6.45) is -4.15. The highest BCUT2D eigenvalue weighted by atomic mass is 19.4. The fourth-order valence-electron chi connectivity index (χ4n) is 3.29. The fourth-order valence-corrected chi connectivity index (χ4v) is 3.29. The maximum atomic E-state index is 12.5. The van der Waals surface area contributed by atoms with Gasteiger partial charge in [0.1, 0.15) is 17.1 Å². The Labute approximate surface area is 198 Å². The molecule has 0 aliphatic carbocycles. The van der Waals surface area contributed by atoms with Crippen molar-refractivity contribution < 1.29 is 37.0 Å². The van der Waals surface area contributed by atoms with E-state index in [9.17, 15) is 22.8 Å². The first-order valence-corrected chi connectivity index (χ1v) is 10.9. The summed E-state index contributed by atoms with van der Waals surface area (Å²) in [5.41, 5.74) is 1.01. The lowest BCUT2D eigenvalue weighted by atomic mass is 9.98. The minimum absolute atomic E-state index is 0.183. The highest BCUT2D eigenvalue weighted by Gasteiger charge is 2.35. The van der Waals surface area contributed by atoms with Gasteiger partial charge in [-0.25, -0.2) is 4.79 Å². The van der Waals surface area contributed by atoms with Gasteiger partial charge in [-0.05, 0) is 95.8 Å². The summed E-state index contributed by atoms with van der Waals surface area (Å²) in [5.74, 6) is -0.466. The van der Waals surface area contributed by atoms with Gasteiger partial charge in [0.2, 0.25) is 0 Å². The predicted molar refractivity (Wildman–Crippen MR) is 122 cm³/mol. The first kappa shape index (κ1) is 27.2. The van der Waals surface area contributed by atoms with Crippen LogP contribution in [0.15, 0.2) is 36.4 Å². The highest BCUT2D eigenvalue weighted by Crippen LogP contribution is 2.30. The minimum atomic E-state index is -4.78. The van der Waals surface area contributed by atoms with E-state index in [1.54, 1.807) is 34.6 Å². The molecule has 0 aliphatic heterocycles. The number of Topliss-reactive ketones (excluding diaryl/α,β-unsaturated/α-hetero) is 1. The number of benzene rings is 2. The number of hydrogen-bond acceptors (Lipinski definition) is 5. The van der Waals surface area contributed by atoms with Gasteiger partial charge in [-0.15, -0.1) is 13.2 Å². The van der Waals surface area contributed by atoms with Crippen LogP contribution in [0.4, 0.5) is 13.2 Å². The molecule has 2 aromatic carbocycles. The summed E-state index contributed by atoms with van der Waals surface area (Å²) < 4.78 is 52.1. The van der Waals surface area contributed by atoms with Crippen LogP contribution in [-0.4, -0.2) is 29.3 Å². The topological polar surface area (TPSA) is 61.8 Å². The van der Waals surface area contributed by atoms with E-state index < -0.39 is 23.5 Å². The van der Waals surface area contributed by atoms with E-state index in [0.717, 1.165) is 28.8 Å². The number of alkyl halides is 3. The average molecular weight is 481 g/mol. The average Bonchev–Trinajstić information content (AvgIpc) is 2.67. The van der Waals surface area contributed by atoms with Gasteiger partial charge in [0, 0.05) is 12.0 Å². The summed E-state index contributed by atoms with van der Waals surface area (Å²) in [4.78, 5) is 25.0. The third kappa shape index (κ3) is 8.08. The van der Waals surface area contributed by atoms with Crippen molar-refractivity contribution in [2.24, 2.45) is 0 Å². The first-order chi connectivity index (χ1) is 15.5.